The normalized spacial score (nSPS) is 11.2. The number of anilines is 1. The maximum absolute atomic E-state index is 12.3. The van der Waals surface area contributed by atoms with Crippen molar-refractivity contribution in [3.05, 3.63) is 65.7 Å². The minimum absolute atomic E-state index is 0.133. The van der Waals surface area contributed by atoms with Gasteiger partial charge in [0.2, 0.25) is 0 Å². The third-order valence-corrected chi connectivity index (χ3v) is 5.91. The fourth-order valence-corrected chi connectivity index (χ4v) is 3.93. The topological polar surface area (TPSA) is 75.4 Å². The van der Waals surface area contributed by atoms with Gasteiger partial charge < -0.3 is 16.2 Å². The van der Waals surface area contributed by atoms with Crippen LogP contribution in [0.1, 0.15) is 99.4 Å². The highest BCUT2D eigenvalue weighted by atomic mass is 16.3. The number of hydrogen-bond donors (Lipinski definition) is 3. The number of allylic oxidation sites excluding steroid dienone is 1. The molecule has 0 radical (unpaired) electrons. The SMILES string of the molecule is NCCCCCCCCCCCCCCC=Cc1ccc(C(=O)Nc2cccc(O)c2)cc1. The number of hydrogen-bond acceptors (Lipinski definition) is 3. The minimum Gasteiger partial charge on any atom is -0.508 e. The molecule has 0 fully saturated rings. The van der Waals surface area contributed by atoms with Gasteiger partial charge >= 0.3 is 0 Å². The maximum Gasteiger partial charge on any atom is 0.255 e. The van der Waals surface area contributed by atoms with Crippen LogP contribution >= 0.6 is 0 Å². The number of carbonyl (C=O) groups excluding carboxylic acids is 1. The highest BCUT2D eigenvalue weighted by Crippen LogP contribution is 2.17. The summed E-state index contributed by atoms with van der Waals surface area (Å²) in [6, 6.07) is 14.2. The van der Waals surface area contributed by atoms with E-state index in [0.717, 1.165) is 18.5 Å². The van der Waals surface area contributed by atoms with Gasteiger partial charge in [-0.3, -0.25) is 4.79 Å². The molecule has 0 bridgehead atoms. The van der Waals surface area contributed by atoms with Crippen molar-refractivity contribution in [1.82, 2.24) is 0 Å². The fraction of sp³-hybridized carbons (Fsp3) is 0.483. The number of benzene rings is 2. The molecule has 0 heterocycles. The van der Waals surface area contributed by atoms with Crippen molar-refractivity contribution >= 4 is 17.7 Å². The highest BCUT2D eigenvalue weighted by molar-refractivity contribution is 6.04. The van der Waals surface area contributed by atoms with E-state index in [1.165, 1.54) is 83.1 Å². The van der Waals surface area contributed by atoms with Gasteiger partial charge in [-0.1, -0.05) is 94.6 Å². The van der Waals surface area contributed by atoms with Crippen LogP contribution in [-0.2, 0) is 0 Å². The van der Waals surface area contributed by atoms with E-state index in [1.54, 1.807) is 18.2 Å². The summed E-state index contributed by atoms with van der Waals surface area (Å²) in [6.45, 7) is 0.840. The van der Waals surface area contributed by atoms with Gasteiger partial charge in [-0.15, -0.1) is 0 Å². The molecule has 0 aromatic heterocycles. The Morgan fingerprint density at radius 1 is 0.788 bits per heavy atom. The Balaban J connectivity index is 1.50. The largest absolute Gasteiger partial charge is 0.508 e. The molecule has 0 spiro atoms. The number of carbonyl (C=O) groups is 1. The lowest BCUT2D eigenvalue weighted by Crippen LogP contribution is -2.11. The predicted molar refractivity (Wildman–Crippen MR) is 141 cm³/mol. The van der Waals surface area contributed by atoms with Gasteiger partial charge in [-0.25, -0.2) is 0 Å². The molecule has 0 aliphatic carbocycles. The van der Waals surface area contributed by atoms with Crippen LogP contribution < -0.4 is 11.1 Å². The van der Waals surface area contributed by atoms with Crippen LogP contribution in [0.5, 0.6) is 5.75 Å². The monoisotopic (exact) mass is 450 g/mol. The molecule has 33 heavy (non-hydrogen) atoms. The molecule has 0 aliphatic heterocycles. The number of rotatable bonds is 17. The van der Waals surface area contributed by atoms with E-state index in [4.69, 9.17) is 5.73 Å². The van der Waals surface area contributed by atoms with Crippen LogP contribution in [0.2, 0.25) is 0 Å². The van der Waals surface area contributed by atoms with Crippen LogP contribution in [0.4, 0.5) is 5.69 Å². The van der Waals surface area contributed by atoms with Crippen molar-refractivity contribution in [2.24, 2.45) is 5.73 Å². The molecule has 2 aromatic carbocycles. The van der Waals surface area contributed by atoms with Crippen LogP contribution in [0.15, 0.2) is 54.6 Å². The molecule has 2 rings (SSSR count). The molecule has 1 amide bonds. The average Bonchev–Trinajstić information content (AvgIpc) is 2.82. The van der Waals surface area contributed by atoms with Crippen molar-refractivity contribution in [2.75, 3.05) is 11.9 Å². The quantitative estimate of drug-likeness (QED) is 0.216. The predicted octanol–water partition coefficient (Wildman–Crippen LogP) is 7.69. The zero-order valence-corrected chi connectivity index (χ0v) is 20.1. The first-order chi connectivity index (χ1) is 16.2. The summed E-state index contributed by atoms with van der Waals surface area (Å²) >= 11 is 0. The van der Waals surface area contributed by atoms with Gasteiger partial charge in [0.05, 0.1) is 0 Å². The molecule has 0 saturated carbocycles. The second kappa shape index (κ2) is 17.0. The Morgan fingerprint density at radius 3 is 1.94 bits per heavy atom. The third kappa shape index (κ3) is 12.3. The number of nitrogens with one attached hydrogen (secondary N) is 1. The number of nitrogens with two attached hydrogens (primary N) is 1. The summed E-state index contributed by atoms with van der Waals surface area (Å²) in [5, 5.41) is 12.3. The molecule has 0 aliphatic rings. The Morgan fingerprint density at radius 2 is 1.36 bits per heavy atom. The third-order valence-electron chi connectivity index (χ3n) is 5.91. The Hall–Kier alpha value is -2.59. The van der Waals surface area contributed by atoms with Crippen molar-refractivity contribution < 1.29 is 9.90 Å². The molecule has 0 atom stereocenters. The summed E-state index contributed by atoms with van der Waals surface area (Å²) < 4.78 is 0. The first kappa shape index (κ1) is 26.7. The highest BCUT2D eigenvalue weighted by Gasteiger charge is 2.06. The zero-order valence-electron chi connectivity index (χ0n) is 20.1. The van der Waals surface area contributed by atoms with Crippen molar-refractivity contribution in [3.63, 3.8) is 0 Å². The molecular formula is C29H42N2O2. The first-order valence-corrected chi connectivity index (χ1v) is 12.8. The van der Waals surface area contributed by atoms with E-state index in [1.807, 2.05) is 24.3 Å². The lowest BCUT2D eigenvalue weighted by Gasteiger charge is -2.06. The number of amides is 1. The zero-order chi connectivity index (χ0) is 23.6. The molecule has 2 aromatic rings. The van der Waals surface area contributed by atoms with Gasteiger partial charge in [0.25, 0.3) is 5.91 Å². The molecule has 0 unspecified atom stereocenters. The summed E-state index contributed by atoms with van der Waals surface area (Å²) in [5.41, 5.74) is 7.80. The smallest absolute Gasteiger partial charge is 0.255 e. The van der Waals surface area contributed by atoms with Crippen LogP contribution in [-0.4, -0.2) is 17.6 Å². The Kier molecular flexibility index (Phi) is 13.7. The maximum atomic E-state index is 12.3. The Bertz CT molecular complexity index is 815. The van der Waals surface area contributed by atoms with Crippen LogP contribution in [0, 0.1) is 0 Å². The number of phenolic OH excluding ortho intramolecular Hbond substituents is 1. The van der Waals surface area contributed by atoms with Gasteiger partial charge in [-0.05, 0) is 55.6 Å². The Labute approximate surface area is 200 Å². The van der Waals surface area contributed by atoms with E-state index >= 15 is 0 Å². The summed E-state index contributed by atoms with van der Waals surface area (Å²) in [7, 11) is 0. The van der Waals surface area contributed by atoms with Gasteiger partial charge in [0.15, 0.2) is 0 Å². The molecule has 0 saturated heterocycles. The molecule has 4 N–H and O–H groups in total. The second-order valence-electron chi connectivity index (χ2n) is 8.85. The van der Waals surface area contributed by atoms with Crippen molar-refractivity contribution in [2.45, 2.75) is 83.5 Å². The fourth-order valence-electron chi connectivity index (χ4n) is 3.93. The van der Waals surface area contributed by atoms with Crippen molar-refractivity contribution in [3.8, 4) is 5.75 Å². The first-order valence-electron chi connectivity index (χ1n) is 12.8. The molecule has 4 heteroatoms. The van der Waals surface area contributed by atoms with Gasteiger partial charge in [0, 0.05) is 17.3 Å². The molecular weight excluding hydrogens is 408 g/mol. The standard InChI is InChI=1S/C29H42N2O2/c30-23-14-12-10-8-6-4-2-1-3-5-7-9-11-13-16-25-19-21-26(22-20-25)29(33)31-27-17-15-18-28(32)24-27/h13,15-22,24,32H,1-12,14,23,30H2,(H,31,33). The second-order valence-corrected chi connectivity index (χ2v) is 8.85. The average molecular weight is 451 g/mol. The minimum atomic E-state index is -0.182. The number of aromatic hydroxyl groups is 1. The van der Waals surface area contributed by atoms with Gasteiger partial charge in [0.1, 0.15) is 5.75 Å². The van der Waals surface area contributed by atoms with E-state index in [2.05, 4.69) is 17.5 Å². The summed E-state index contributed by atoms with van der Waals surface area (Å²) in [6.07, 6.45) is 21.5. The molecule has 4 nitrogen and oxygen atoms in total. The number of unbranched alkanes of at least 4 members (excludes halogenated alkanes) is 12. The van der Waals surface area contributed by atoms with E-state index in [-0.39, 0.29) is 11.7 Å². The molecule has 180 valence electrons. The van der Waals surface area contributed by atoms with E-state index < -0.39 is 0 Å². The summed E-state index contributed by atoms with van der Waals surface area (Å²) in [5.74, 6) is -0.0489. The lowest BCUT2D eigenvalue weighted by molar-refractivity contribution is 0.102. The van der Waals surface area contributed by atoms with E-state index in [9.17, 15) is 9.90 Å². The van der Waals surface area contributed by atoms with Gasteiger partial charge in [-0.2, -0.15) is 0 Å². The van der Waals surface area contributed by atoms with E-state index in [0.29, 0.717) is 11.3 Å². The van der Waals surface area contributed by atoms with Crippen LogP contribution in [0.25, 0.3) is 6.08 Å². The van der Waals surface area contributed by atoms with Crippen LogP contribution in [0.3, 0.4) is 0 Å². The number of phenols is 1. The lowest BCUT2D eigenvalue weighted by atomic mass is 10.0. The van der Waals surface area contributed by atoms with Crippen molar-refractivity contribution in [1.29, 1.82) is 0 Å². The summed E-state index contributed by atoms with van der Waals surface area (Å²) in [4.78, 5) is 12.3.